The lowest BCUT2D eigenvalue weighted by Crippen LogP contribution is -2.32. The molecule has 2 rings (SSSR count). The minimum atomic E-state index is 0.230. The molecule has 0 bridgehead atoms. The van der Waals surface area contributed by atoms with E-state index in [-0.39, 0.29) is 6.04 Å². The maximum absolute atomic E-state index is 5.35. The van der Waals surface area contributed by atoms with Crippen LogP contribution in [-0.4, -0.2) is 60.6 Å². The number of likely N-dealkylation sites (N-methyl/N-ethyl adjacent to an activating group) is 2. The van der Waals surface area contributed by atoms with E-state index >= 15 is 0 Å². The summed E-state index contributed by atoms with van der Waals surface area (Å²) in [5, 5.41) is 0. The van der Waals surface area contributed by atoms with E-state index in [1.54, 1.807) is 7.11 Å². The number of ether oxygens (including phenoxy) is 1. The third-order valence-corrected chi connectivity index (χ3v) is 5.04. The highest BCUT2D eigenvalue weighted by Gasteiger charge is 2.24. The number of halogens is 1. The largest absolute Gasteiger partial charge is 0.378 e. The van der Waals surface area contributed by atoms with E-state index in [0.717, 1.165) is 35.6 Å². The van der Waals surface area contributed by atoms with Gasteiger partial charge in [-0.15, -0.1) is 0 Å². The van der Waals surface area contributed by atoms with Crippen molar-refractivity contribution in [1.82, 2.24) is 19.8 Å². The van der Waals surface area contributed by atoms with Crippen molar-refractivity contribution in [2.75, 3.05) is 40.8 Å². The van der Waals surface area contributed by atoms with Gasteiger partial charge >= 0.3 is 0 Å². The number of aromatic amines is 1. The van der Waals surface area contributed by atoms with Crippen LogP contribution in [0.25, 0.3) is 0 Å². The van der Waals surface area contributed by atoms with E-state index in [1.165, 1.54) is 6.42 Å². The Morgan fingerprint density at radius 1 is 1.45 bits per heavy atom. The predicted molar refractivity (Wildman–Crippen MR) is 85.3 cm³/mol. The molecule has 7 heteroatoms. The first-order chi connectivity index (χ1) is 9.52. The summed E-state index contributed by atoms with van der Waals surface area (Å²) in [5.41, 5.74) is 0.947. The topological polar surface area (TPSA) is 44.4 Å². The van der Waals surface area contributed by atoms with Crippen molar-refractivity contribution in [2.45, 2.75) is 19.1 Å². The third-order valence-electron chi connectivity index (χ3n) is 3.63. The van der Waals surface area contributed by atoms with Gasteiger partial charge in [0.1, 0.15) is 10.5 Å². The van der Waals surface area contributed by atoms with Crippen molar-refractivity contribution in [3.63, 3.8) is 0 Å². The smallest absolute Gasteiger partial charge is 0.144 e. The van der Waals surface area contributed by atoms with Gasteiger partial charge in [-0.1, -0.05) is 12.2 Å². The SMILES string of the molecule is COCc1[nH]c(C2CN(C)CCCN2C)nc(=S)c1Br. The van der Waals surface area contributed by atoms with Gasteiger partial charge in [0.15, 0.2) is 0 Å². The van der Waals surface area contributed by atoms with Crippen molar-refractivity contribution in [1.29, 1.82) is 0 Å². The molecule has 0 saturated carbocycles. The van der Waals surface area contributed by atoms with E-state index in [2.05, 4.69) is 49.8 Å². The zero-order valence-electron chi connectivity index (χ0n) is 12.1. The summed E-state index contributed by atoms with van der Waals surface area (Å²) in [5.74, 6) is 0.918. The van der Waals surface area contributed by atoms with Gasteiger partial charge < -0.3 is 14.6 Å². The molecule has 1 aliphatic heterocycles. The summed E-state index contributed by atoms with van der Waals surface area (Å²) in [6, 6.07) is 0.230. The van der Waals surface area contributed by atoms with E-state index < -0.39 is 0 Å². The fraction of sp³-hybridized carbons (Fsp3) is 0.692. The highest BCUT2D eigenvalue weighted by atomic mass is 79.9. The van der Waals surface area contributed by atoms with Crippen molar-refractivity contribution in [3.8, 4) is 0 Å². The summed E-state index contributed by atoms with van der Waals surface area (Å²) >= 11 is 8.83. The zero-order chi connectivity index (χ0) is 14.7. The number of H-pyrrole nitrogens is 1. The standard InChI is InChI=1S/C13H21BrN4OS/c1-17-5-4-6-18(2)10(7-17)12-15-9(8-19-3)11(14)13(20)16-12/h10H,4-8H2,1-3H3,(H,15,16,20). The molecular formula is C13H21BrN4OS. The lowest BCUT2D eigenvalue weighted by atomic mass is 10.2. The first-order valence-electron chi connectivity index (χ1n) is 6.69. The second kappa shape index (κ2) is 7.09. The molecule has 1 N–H and O–H groups in total. The minimum absolute atomic E-state index is 0.230. The van der Waals surface area contributed by atoms with Crippen LogP contribution in [0.4, 0.5) is 0 Å². The molecule has 1 saturated heterocycles. The summed E-state index contributed by atoms with van der Waals surface area (Å²) < 4.78 is 6.63. The predicted octanol–water partition coefficient (Wildman–Crippen LogP) is 2.36. The quantitative estimate of drug-likeness (QED) is 0.838. The van der Waals surface area contributed by atoms with Crippen LogP contribution in [0.5, 0.6) is 0 Å². The lowest BCUT2D eigenvalue weighted by Gasteiger charge is -2.27. The van der Waals surface area contributed by atoms with Gasteiger partial charge in [0, 0.05) is 13.7 Å². The van der Waals surface area contributed by atoms with Gasteiger partial charge in [0.25, 0.3) is 0 Å². The molecule has 1 atom stereocenters. The first kappa shape index (κ1) is 16.0. The van der Waals surface area contributed by atoms with E-state index in [0.29, 0.717) is 11.2 Å². The summed E-state index contributed by atoms with van der Waals surface area (Å²) in [6.45, 7) is 3.62. The number of methoxy groups -OCH3 is 1. The number of nitrogens with zero attached hydrogens (tertiary/aromatic N) is 3. The fourth-order valence-corrected chi connectivity index (χ4v) is 3.02. The molecule has 0 amide bonds. The Labute approximate surface area is 133 Å². The molecule has 2 heterocycles. The second-order valence-electron chi connectivity index (χ2n) is 5.26. The molecule has 1 aromatic rings. The van der Waals surface area contributed by atoms with Crippen molar-refractivity contribution in [3.05, 3.63) is 20.6 Å². The van der Waals surface area contributed by atoms with Gasteiger partial charge in [-0.25, -0.2) is 4.98 Å². The molecule has 20 heavy (non-hydrogen) atoms. The zero-order valence-corrected chi connectivity index (χ0v) is 14.6. The Balaban J connectivity index is 2.37. The molecule has 1 unspecified atom stereocenters. The minimum Gasteiger partial charge on any atom is -0.378 e. The van der Waals surface area contributed by atoms with E-state index in [4.69, 9.17) is 17.0 Å². The summed E-state index contributed by atoms with van der Waals surface area (Å²) in [4.78, 5) is 12.6. The van der Waals surface area contributed by atoms with E-state index in [1.807, 2.05) is 0 Å². The average molecular weight is 361 g/mol. The Kier molecular flexibility index (Phi) is 5.68. The molecule has 5 nitrogen and oxygen atoms in total. The highest BCUT2D eigenvalue weighted by molar-refractivity contribution is 9.10. The normalized spacial score (nSPS) is 21.9. The van der Waals surface area contributed by atoms with Crippen molar-refractivity contribution in [2.24, 2.45) is 0 Å². The maximum atomic E-state index is 5.35. The monoisotopic (exact) mass is 360 g/mol. The Bertz CT molecular complexity index is 522. The van der Waals surface area contributed by atoms with Crippen LogP contribution in [0.1, 0.15) is 24.0 Å². The van der Waals surface area contributed by atoms with Crippen LogP contribution < -0.4 is 0 Å². The Hall–Kier alpha value is -0.340. The number of aromatic nitrogens is 2. The average Bonchev–Trinajstić information content (AvgIpc) is 2.57. The van der Waals surface area contributed by atoms with Crippen molar-refractivity contribution < 1.29 is 4.74 Å². The molecule has 1 aliphatic rings. The molecule has 0 spiro atoms. The lowest BCUT2D eigenvalue weighted by molar-refractivity contribution is 0.178. The summed E-state index contributed by atoms with van der Waals surface area (Å²) in [7, 11) is 5.96. The number of rotatable bonds is 3. The summed E-state index contributed by atoms with van der Waals surface area (Å²) in [6.07, 6.45) is 1.17. The van der Waals surface area contributed by atoms with Gasteiger partial charge in [-0.05, 0) is 49.5 Å². The van der Waals surface area contributed by atoms with Crippen LogP contribution in [0.15, 0.2) is 4.47 Å². The van der Waals surface area contributed by atoms with Crippen LogP contribution in [-0.2, 0) is 11.3 Å². The first-order valence-corrected chi connectivity index (χ1v) is 7.89. The number of hydrogen-bond acceptors (Lipinski definition) is 5. The van der Waals surface area contributed by atoms with Crippen LogP contribution in [0.3, 0.4) is 0 Å². The number of hydrogen-bond donors (Lipinski definition) is 1. The maximum Gasteiger partial charge on any atom is 0.144 e. The third kappa shape index (κ3) is 3.65. The van der Waals surface area contributed by atoms with Crippen LogP contribution in [0, 0.1) is 4.64 Å². The number of nitrogens with one attached hydrogen (secondary N) is 1. The molecule has 1 aromatic heterocycles. The Morgan fingerprint density at radius 2 is 2.20 bits per heavy atom. The fourth-order valence-electron chi connectivity index (χ4n) is 2.49. The molecule has 1 fully saturated rings. The molecule has 0 aromatic carbocycles. The van der Waals surface area contributed by atoms with E-state index in [9.17, 15) is 0 Å². The van der Waals surface area contributed by atoms with Crippen molar-refractivity contribution >= 4 is 28.1 Å². The molecule has 0 radical (unpaired) electrons. The van der Waals surface area contributed by atoms with Gasteiger partial charge in [-0.3, -0.25) is 4.90 Å². The molecule has 0 aliphatic carbocycles. The molecule has 112 valence electrons. The Morgan fingerprint density at radius 3 is 2.90 bits per heavy atom. The van der Waals surface area contributed by atoms with Gasteiger partial charge in [-0.2, -0.15) is 0 Å². The molecular weight excluding hydrogens is 340 g/mol. The van der Waals surface area contributed by atoms with Gasteiger partial charge in [0.05, 0.1) is 22.8 Å². The van der Waals surface area contributed by atoms with Crippen LogP contribution >= 0.6 is 28.1 Å². The van der Waals surface area contributed by atoms with Crippen LogP contribution in [0.2, 0.25) is 0 Å². The van der Waals surface area contributed by atoms with Gasteiger partial charge in [0.2, 0.25) is 0 Å². The highest BCUT2D eigenvalue weighted by Crippen LogP contribution is 2.24. The second-order valence-corrected chi connectivity index (χ2v) is 6.44.